The van der Waals surface area contributed by atoms with Crippen LogP contribution in [0.5, 0.6) is 0 Å². The Morgan fingerprint density at radius 2 is 1.70 bits per heavy atom. The van der Waals surface area contributed by atoms with Crippen LogP contribution in [0.25, 0.3) is 0 Å². The first-order valence-corrected chi connectivity index (χ1v) is 11.2. The number of carbonyl (C=O) groups is 1. The Hall–Kier alpha value is -2.08. The van der Waals surface area contributed by atoms with Gasteiger partial charge < -0.3 is 10.1 Å². The van der Waals surface area contributed by atoms with Crippen molar-refractivity contribution in [3.8, 4) is 0 Å². The maximum atomic E-state index is 12.9. The predicted molar refractivity (Wildman–Crippen MR) is 106 cm³/mol. The molecular weight excluding hydrogens is 441 g/mol. The van der Waals surface area contributed by atoms with E-state index in [9.17, 15) is 26.4 Å². The van der Waals surface area contributed by atoms with Gasteiger partial charge in [-0.05, 0) is 47.7 Å². The number of alkyl halides is 3. The van der Waals surface area contributed by atoms with Crippen molar-refractivity contribution in [2.75, 3.05) is 26.3 Å². The van der Waals surface area contributed by atoms with Gasteiger partial charge in [-0.1, -0.05) is 18.2 Å². The summed E-state index contributed by atoms with van der Waals surface area (Å²) in [5.41, 5.74) is -3.81. The van der Waals surface area contributed by atoms with Crippen LogP contribution in [0.2, 0.25) is 0 Å². The normalized spacial score (nSPS) is 15.7. The van der Waals surface area contributed by atoms with Crippen LogP contribution in [-0.4, -0.2) is 50.4 Å². The molecule has 1 fully saturated rings. The average molecular weight is 460 g/mol. The molecule has 1 saturated heterocycles. The Labute approximate surface area is 176 Å². The van der Waals surface area contributed by atoms with E-state index in [0.717, 1.165) is 0 Å². The van der Waals surface area contributed by atoms with Gasteiger partial charge in [-0.25, -0.2) is 8.42 Å². The van der Waals surface area contributed by atoms with E-state index in [0.29, 0.717) is 18.8 Å². The van der Waals surface area contributed by atoms with E-state index in [2.05, 4.69) is 5.32 Å². The molecule has 1 heterocycles. The third-order valence-electron chi connectivity index (χ3n) is 4.35. The fraction of sp³-hybridized carbons (Fsp3) is 0.316. The molecule has 0 aliphatic carbocycles. The SMILES string of the molecule is O=C(NCc1ccccc1S(=O)(=O)N1CCOCC1)c1ccc(SC(F)(F)F)cc1. The lowest BCUT2D eigenvalue weighted by Gasteiger charge is -2.27. The minimum Gasteiger partial charge on any atom is -0.379 e. The second-order valence-corrected chi connectivity index (χ2v) is 9.42. The van der Waals surface area contributed by atoms with Crippen molar-refractivity contribution in [3.05, 3.63) is 59.7 Å². The number of benzene rings is 2. The van der Waals surface area contributed by atoms with Crippen LogP contribution in [0.3, 0.4) is 0 Å². The highest BCUT2D eigenvalue weighted by atomic mass is 32.2. The molecule has 0 radical (unpaired) electrons. The second kappa shape index (κ2) is 9.38. The number of morpholine rings is 1. The van der Waals surface area contributed by atoms with Gasteiger partial charge in [-0.2, -0.15) is 17.5 Å². The molecule has 2 aromatic rings. The van der Waals surface area contributed by atoms with E-state index < -0.39 is 21.4 Å². The number of nitrogens with one attached hydrogen (secondary N) is 1. The predicted octanol–water partition coefficient (Wildman–Crippen LogP) is 3.25. The number of ether oxygens (including phenoxy) is 1. The highest BCUT2D eigenvalue weighted by Gasteiger charge is 2.29. The van der Waals surface area contributed by atoms with Crippen LogP contribution in [0, 0.1) is 0 Å². The number of sulfonamides is 1. The Kier molecular flexibility index (Phi) is 7.06. The number of halogens is 3. The van der Waals surface area contributed by atoms with Gasteiger partial charge in [-0.3, -0.25) is 4.79 Å². The number of hydrogen-bond donors (Lipinski definition) is 1. The zero-order valence-corrected chi connectivity index (χ0v) is 17.3. The number of carbonyl (C=O) groups excluding carboxylic acids is 1. The fourth-order valence-corrected chi connectivity index (χ4v) is 5.08. The molecule has 1 amide bonds. The Balaban J connectivity index is 1.70. The quantitative estimate of drug-likeness (QED) is 0.670. The van der Waals surface area contributed by atoms with Crippen molar-refractivity contribution in [1.82, 2.24) is 9.62 Å². The van der Waals surface area contributed by atoms with Crippen LogP contribution in [0.15, 0.2) is 58.3 Å². The molecule has 0 saturated carbocycles. The molecule has 1 aliphatic heterocycles. The summed E-state index contributed by atoms with van der Waals surface area (Å²) in [4.78, 5) is 12.4. The lowest BCUT2D eigenvalue weighted by atomic mass is 10.2. The smallest absolute Gasteiger partial charge is 0.379 e. The molecule has 1 aliphatic rings. The maximum absolute atomic E-state index is 12.9. The Morgan fingerprint density at radius 3 is 2.33 bits per heavy atom. The fourth-order valence-electron chi connectivity index (χ4n) is 2.91. The van der Waals surface area contributed by atoms with E-state index in [1.165, 1.54) is 34.6 Å². The molecule has 2 aromatic carbocycles. The summed E-state index contributed by atoms with van der Waals surface area (Å²) in [5.74, 6) is -0.517. The number of thioether (sulfide) groups is 1. The van der Waals surface area contributed by atoms with Gasteiger partial charge in [0.25, 0.3) is 5.91 Å². The van der Waals surface area contributed by atoms with Crippen molar-refractivity contribution in [2.45, 2.75) is 21.8 Å². The van der Waals surface area contributed by atoms with Crippen LogP contribution in [-0.2, 0) is 21.3 Å². The molecular formula is C19H19F3N2O4S2. The summed E-state index contributed by atoms with van der Waals surface area (Å²) >= 11 is -0.262. The monoisotopic (exact) mass is 460 g/mol. The number of nitrogens with zero attached hydrogens (tertiary/aromatic N) is 1. The molecule has 6 nitrogen and oxygen atoms in total. The van der Waals surface area contributed by atoms with E-state index >= 15 is 0 Å². The van der Waals surface area contributed by atoms with Gasteiger partial charge in [0, 0.05) is 30.1 Å². The van der Waals surface area contributed by atoms with Crippen molar-refractivity contribution < 1.29 is 31.1 Å². The van der Waals surface area contributed by atoms with Crippen molar-refractivity contribution in [2.24, 2.45) is 0 Å². The Morgan fingerprint density at radius 1 is 1.07 bits per heavy atom. The van der Waals surface area contributed by atoms with Gasteiger partial charge in [0.15, 0.2) is 0 Å². The summed E-state index contributed by atoms with van der Waals surface area (Å²) in [6, 6.07) is 11.4. The van der Waals surface area contributed by atoms with Gasteiger partial charge in [0.1, 0.15) is 0 Å². The summed E-state index contributed by atoms with van der Waals surface area (Å²) in [6.45, 7) is 1.11. The van der Waals surface area contributed by atoms with Crippen molar-refractivity contribution in [3.63, 3.8) is 0 Å². The molecule has 0 atom stereocenters. The maximum Gasteiger partial charge on any atom is 0.446 e. The van der Waals surface area contributed by atoms with Gasteiger partial charge in [0.2, 0.25) is 10.0 Å². The molecule has 0 spiro atoms. The summed E-state index contributed by atoms with van der Waals surface area (Å²) < 4.78 is 69.6. The van der Waals surface area contributed by atoms with Crippen molar-refractivity contribution in [1.29, 1.82) is 0 Å². The molecule has 11 heteroatoms. The Bertz CT molecular complexity index is 990. The third-order valence-corrected chi connectivity index (χ3v) is 7.09. The van der Waals surface area contributed by atoms with Gasteiger partial charge in [-0.15, -0.1) is 0 Å². The van der Waals surface area contributed by atoms with E-state index in [4.69, 9.17) is 4.74 Å². The third kappa shape index (κ3) is 5.75. The molecule has 30 heavy (non-hydrogen) atoms. The highest BCUT2D eigenvalue weighted by Crippen LogP contribution is 2.36. The minimum absolute atomic E-state index is 0.0269. The first kappa shape index (κ1) is 22.6. The lowest BCUT2D eigenvalue weighted by molar-refractivity contribution is -0.0328. The van der Waals surface area contributed by atoms with E-state index in [-0.39, 0.29) is 46.8 Å². The first-order chi connectivity index (χ1) is 14.2. The molecule has 3 rings (SSSR count). The summed E-state index contributed by atoms with van der Waals surface area (Å²) in [6.07, 6.45) is 0. The van der Waals surface area contributed by atoms with Crippen LogP contribution in [0.1, 0.15) is 15.9 Å². The number of rotatable bonds is 6. The lowest BCUT2D eigenvalue weighted by Crippen LogP contribution is -2.41. The van der Waals surface area contributed by atoms with Gasteiger partial charge >= 0.3 is 5.51 Å². The highest BCUT2D eigenvalue weighted by molar-refractivity contribution is 8.00. The number of hydrogen-bond acceptors (Lipinski definition) is 5. The largest absolute Gasteiger partial charge is 0.446 e. The van der Waals surface area contributed by atoms with Crippen LogP contribution >= 0.6 is 11.8 Å². The molecule has 1 N–H and O–H groups in total. The van der Waals surface area contributed by atoms with Gasteiger partial charge in [0.05, 0.1) is 18.1 Å². The summed E-state index contributed by atoms with van der Waals surface area (Å²) in [7, 11) is -3.74. The molecule has 162 valence electrons. The second-order valence-electron chi connectivity index (χ2n) is 6.38. The van der Waals surface area contributed by atoms with E-state index in [1.807, 2.05) is 0 Å². The molecule has 0 bridgehead atoms. The number of amides is 1. The minimum atomic E-state index is -4.40. The van der Waals surface area contributed by atoms with Crippen LogP contribution in [0.4, 0.5) is 13.2 Å². The molecule has 0 aromatic heterocycles. The van der Waals surface area contributed by atoms with Crippen LogP contribution < -0.4 is 5.32 Å². The first-order valence-electron chi connectivity index (χ1n) is 8.96. The average Bonchev–Trinajstić information content (AvgIpc) is 2.72. The zero-order valence-electron chi connectivity index (χ0n) is 15.7. The topological polar surface area (TPSA) is 75.7 Å². The standard InChI is InChI=1S/C19H19F3N2O4S2/c20-19(21,22)29-16-7-5-14(6-8-16)18(25)23-13-15-3-1-2-4-17(15)30(26,27)24-9-11-28-12-10-24/h1-8H,9-13H2,(H,23,25). The molecule has 0 unspecified atom stereocenters. The zero-order chi connectivity index (χ0) is 21.8. The van der Waals surface area contributed by atoms with Crippen molar-refractivity contribution >= 4 is 27.7 Å². The van der Waals surface area contributed by atoms with E-state index in [1.54, 1.807) is 18.2 Å². The summed E-state index contributed by atoms with van der Waals surface area (Å²) in [5, 5.41) is 2.62.